The molecule has 0 aromatic carbocycles. The first-order valence-corrected chi connectivity index (χ1v) is 5.84. The summed E-state index contributed by atoms with van der Waals surface area (Å²) < 4.78 is 0. The summed E-state index contributed by atoms with van der Waals surface area (Å²) in [5.41, 5.74) is 0.558. The third-order valence-corrected chi connectivity index (χ3v) is 3.22. The van der Waals surface area contributed by atoms with E-state index in [0.29, 0.717) is 10.4 Å². The van der Waals surface area contributed by atoms with E-state index in [-0.39, 0.29) is 17.3 Å². The van der Waals surface area contributed by atoms with Crippen LogP contribution in [0.15, 0.2) is 17.8 Å². The monoisotopic (exact) mass is 260 g/mol. The number of hydrogen-bond donors (Lipinski definition) is 2. The summed E-state index contributed by atoms with van der Waals surface area (Å²) in [4.78, 5) is 29.9. The number of carbonyl (C=O) groups excluding carboxylic acids is 2. The van der Waals surface area contributed by atoms with Gasteiger partial charge < -0.3 is 10.3 Å². The Morgan fingerprint density at radius 3 is 2.94 bits per heavy atom. The number of ketones is 1. The van der Waals surface area contributed by atoms with Gasteiger partial charge in [-0.05, 0) is 13.0 Å². The molecule has 90 valence electrons. The van der Waals surface area contributed by atoms with E-state index in [9.17, 15) is 9.59 Å². The van der Waals surface area contributed by atoms with E-state index >= 15 is 0 Å². The lowest BCUT2D eigenvalue weighted by atomic mass is 10.2. The molecule has 0 saturated carbocycles. The van der Waals surface area contributed by atoms with Crippen LogP contribution < -0.4 is 5.32 Å². The predicted octanol–water partition coefficient (Wildman–Crippen LogP) is 1.80. The van der Waals surface area contributed by atoms with Crippen LogP contribution in [-0.2, 0) is 0 Å². The van der Waals surface area contributed by atoms with E-state index in [0.717, 1.165) is 0 Å². The van der Waals surface area contributed by atoms with Crippen LogP contribution in [0.3, 0.4) is 0 Å². The average molecular weight is 260 g/mol. The molecule has 6 nitrogen and oxygen atoms in total. The summed E-state index contributed by atoms with van der Waals surface area (Å²) in [6, 6.07) is 3.39. The fourth-order valence-electron chi connectivity index (χ4n) is 1.29. The lowest BCUT2D eigenvalue weighted by molar-refractivity contribution is 0.102. The second-order valence-corrected chi connectivity index (χ2v) is 4.36. The van der Waals surface area contributed by atoms with Crippen LogP contribution in [-0.4, -0.2) is 21.7 Å². The maximum Gasteiger partial charge on any atom is 0.257 e. The molecule has 0 aliphatic carbocycles. The summed E-state index contributed by atoms with van der Waals surface area (Å²) >= 11 is 1.20. The Morgan fingerprint density at radius 1 is 1.56 bits per heavy atom. The van der Waals surface area contributed by atoms with Crippen LogP contribution in [0.4, 0.5) is 5.82 Å². The number of aromatic nitrogens is 2. The first kappa shape index (κ1) is 12.0. The second-order valence-electron chi connectivity index (χ2n) is 3.45. The van der Waals surface area contributed by atoms with Gasteiger partial charge in [0.1, 0.15) is 6.07 Å². The van der Waals surface area contributed by atoms with Gasteiger partial charge in [-0.15, -0.1) is 11.3 Å². The molecule has 1 amide bonds. The van der Waals surface area contributed by atoms with E-state index in [1.165, 1.54) is 30.7 Å². The van der Waals surface area contributed by atoms with Crippen LogP contribution >= 0.6 is 11.3 Å². The molecule has 7 heteroatoms. The Morgan fingerprint density at radius 2 is 2.33 bits per heavy atom. The topological polar surface area (TPSA) is 98.6 Å². The highest BCUT2D eigenvalue weighted by molar-refractivity contribution is 7.12. The maximum atomic E-state index is 11.8. The van der Waals surface area contributed by atoms with Gasteiger partial charge in [-0.2, -0.15) is 5.26 Å². The zero-order valence-electron chi connectivity index (χ0n) is 9.35. The first-order valence-electron chi connectivity index (χ1n) is 4.96. The lowest BCUT2D eigenvalue weighted by Gasteiger charge is -1.99. The molecule has 0 atom stereocenters. The number of rotatable bonds is 3. The summed E-state index contributed by atoms with van der Waals surface area (Å²) in [6.45, 7) is 1.44. The minimum absolute atomic E-state index is 0.0865. The highest BCUT2D eigenvalue weighted by Crippen LogP contribution is 2.17. The molecular weight excluding hydrogens is 252 g/mol. The van der Waals surface area contributed by atoms with E-state index < -0.39 is 5.91 Å². The number of carbonyl (C=O) groups is 2. The molecule has 0 saturated heterocycles. The predicted molar refractivity (Wildman–Crippen MR) is 65.6 cm³/mol. The minimum atomic E-state index is -0.401. The van der Waals surface area contributed by atoms with Gasteiger partial charge in [0, 0.05) is 5.38 Å². The maximum absolute atomic E-state index is 11.8. The smallest absolute Gasteiger partial charge is 0.257 e. The molecule has 18 heavy (non-hydrogen) atoms. The average Bonchev–Trinajstić information content (AvgIpc) is 2.96. The number of Topliss-reactive ketones (excluding diaryl/α,β-unsaturated/α-hetero) is 1. The fraction of sp³-hybridized carbons (Fsp3) is 0.0909. The van der Waals surface area contributed by atoms with Gasteiger partial charge in [0.15, 0.2) is 17.3 Å². The molecule has 2 aromatic heterocycles. The second kappa shape index (κ2) is 4.81. The highest BCUT2D eigenvalue weighted by atomic mass is 32.1. The Balaban J connectivity index is 2.17. The van der Waals surface area contributed by atoms with Crippen molar-refractivity contribution in [2.75, 3.05) is 5.32 Å². The van der Waals surface area contributed by atoms with Crippen molar-refractivity contribution in [3.05, 3.63) is 33.9 Å². The molecule has 0 radical (unpaired) electrons. The number of thiophene rings is 1. The normalized spacial score (nSPS) is 9.78. The van der Waals surface area contributed by atoms with Gasteiger partial charge in [0.2, 0.25) is 0 Å². The molecule has 2 aromatic rings. The van der Waals surface area contributed by atoms with Crippen LogP contribution in [0, 0.1) is 11.3 Å². The zero-order chi connectivity index (χ0) is 13.1. The number of amides is 1. The summed E-state index contributed by atoms with van der Waals surface area (Å²) in [5.74, 6) is -0.308. The standard InChI is InChI=1S/C11H8N4O2S/c1-6(16)9-2-7(4-18-9)11(17)15-10-8(3-12)13-5-14-10/h2,4-5H,1H3,(H,13,14)(H,15,17). The molecule has 0 aliphatic heterocycles. The quantitative estimate of drug-likeness (QED) is 0.822. The molecule has 0 fully saturated rings. The number of H-pyrrole nitrogens is 1. The Labute approximate surface area is 106 Å². The largest absolute Gasteiger partial charge is 0.335 e. The Kier molecular flexibility index (Phi) is 3.21. The Bertz CT molecular complexity index is 650. The highest BCUT2D eigenvalue weighted by Gasteiger charge is 2.14. The molecule has 0 bridgehead atoms. The van der Waals surface area contributed by atoms with E-state index in [2.05, 4.69) is 15.3 Å². The van der Waals surface area contributed by atoms with Crippen LogP contribution in [0.1, 0.15) is 32.6 Å². The molecule has 2 heterocycles. The van der Waals surface area contributed by atoms with Crippen molar-refractivity contribution in [2.45, 2.75) is 6.92 Å². The van der Waals surface area contributed by atoms with Crippen molar-refractivity contribution in [3.8, 4) is 6.07 Å². The number of imidazole rings is 1. The molecule has 2 rings (SSSR count). The van der Waals surface area contributed by atoms with Crippen molar-refractivity contribution in [2.24, 2.45) is 0 Å². The third kappa shape index (κ3) is 2.28. The molecule has 0 unspecified atom stereocenters. The summed E-state index contributed by atoms with van der Waals surface area (Å²) in [6.07, 6.45) is 1.32. The molecular formula is C11H8N4O2S. The van der Waals surface area contributed by atoms with E-state index in [1.54, 1.807) is 5.38 Å². The lowest BCUT2D eigenvalue weighted by Crippen LogP contribution is -2.12. The van der Waals surface area contributed by atoms with Gasteiger partial charge in [-0.3, -0.25) is 9.59 Å². The number of nitriles is 1. The SMILES string of the molecule is CC(=O)c1cc(C(=O)Nc2nc[nH]c2C#N)cs1. The van der Waals surface area contributed by atoms with Crippen LogP contribution in [0.25, 0.3) is 0 Å². The van der Waals surface area contributed by atoms with Gasteiger partial charge in [-0.1, -0.05) is 0 Å². The van der Waals surface area contributed by atoms with Crippen LogP contribution in [0.2, 0.25) is 0 Å². The summed E-state index contributed by atoms with van der Waals surface area (Å²) in [7, 11) is 0. The molecule has 0 spiro atoms. The van der Waals surface area contributed by atoms with Crippen molar-refractivity contribution >= 4 is 28.8 Å². The summed E-state index contributed by atoms with van der Waals surface area (Å²) in [5, 5.41) is 12.8. The number of hydrogen-bond acceptors (Lipinski definition) is 5. The van der Waals surface area contributed by atoms with Crippen molar-refractivity contribution in [1.29, 1.82) is 5.26 Å². The third-order valence-electron chi connectivity index (χ3n) is 2.19. The van der Waals surface area contributed by atoms with Gasteiger partial charge in [-0.25, -0.2) is 4.98 Å². The fourth-order valence-corrected chi connectivity index (χ4v) is 2.08. The zero-order valence-corrected chi connectivity index (χ0v) is 10.2. The number of nitrogens with one attached hydrogen (secondary N) is 2. The minimum Gasteiger partial charge on any atom is -0.335 e. The Hall–Kier alpha value is -2.46. The molecule has 0 aliphatic rings. The van der Waals surface area contributed by atoms with Gasteiger partial charge in [0.25, 0.3) is 5.91 Å². The van der Waals surface area contributed by atoms with Crippen LogP contribution in [0.5, 0.6) is 0 Å². The van der Waals surface area contributed by atoms with E-state index in [4.69, 9.17) is 5.26 Å². The van der Waals surface area contributed by atoms with Crippen molar-refractivity contribution < 1.29 is 9.59 Å². The number of anilines is 1. The number of aromatic amines is 1. The van der Waals surface area contributed by atoms with Gasteiger partial charge >= 0.3 is 0 Å². The first-order chi connectivity index (χ1) is 8.61. The van der Waals surface area contributed by atoms with Crippen molar-refractivity contribution in [1.82, 2.24) is 9.97 Å². The van der Waals surface area contributed by atoms with Crippen molar-refractivity contribution in [3.63, 3.8) is 0 Å². The number of nitrogens with zero attached hydrogens (tertiary/aromatic N) is 2. The van der Waals surface area contributed by atoms with Gasteiger partial charge in [0.05, 0.1) is 16.8 Å². The van der Waals surface area contributed by atoms with E-state index in [1.807, 2.05) is 6.07 Å². The molecule has 2 N–H and O–H groups in total.